The topological polar surface area (TPSA) is 71.7 Å². The third kappa shape index (κ3) is 2.12. The zero-order chi connectivity index (χ0) is 18.7. The summed E-state index contributed by atoms with van der Waals surface area (Å²) in [6.45, 7) is 4.69. The summed E-state index contributed by atoms with van der Waals surface area (Å²) in [5.41, 5.74) is 8.48. The molecule has 1 aliphatic rings. The Labute approximate surface area is 161 Å². The van der Waals surface area contributed by atoms with E-state index in [0.717, 1.165) is 64.0 Å². The summed E-state index contributed by atoms with van der Waals surface area (Å²) in [5, 5.41) is 10.8. The lowest BCUT2D eigenvalue weighted by Crippen LogP contribution is -2.28. The van der Waals surface area contributed by atoms with Crippen molar-refractivity contribution in [1.29, 1.82) is 0 Å². The van der Waals surface area contributed by atoms with Crippen LogP contribution < -0.4 is 5.32 Å². The summed E-state index contributed by atoms with van der Waals surface area (Å²) < 4.78 is 7.98. The van der Waals surface area contributed by atoms with Crippen LogP contribution in [0.4, 0.5) is 0 Å². The van der Waals surface area contributed by atoms with Crippen LogP contribution in [0.2, 0.25) is 0 Å². The number of aryl methyl sites for hydroxylation is 1. The molecule has 0 unspecified atom stereocenters. The highest BCUT2D eigenvalue weighted by atomic mass is 16.3. The van der Waals surface area contributed by atoms with Crippen LogP contribution in [0.3, 0.4) is 0 Å². The largest absolute Gasteiger partial charge is 0.464 e. The van der Waals surface area contributed by atoms with Gasteiger partial charge in [0, 0.05) is 47.4 Å². The first kappa shape index (κ1) is 15.7. The van der Waals surface area contributed by atoms with Crippen molar-refractivity contribution in [2.45, 2.75) is 20.0 Å². The van der Waals surface area contributed by atoms with Crippen molar-refractivity contribution in [3.05, 3.63) is 60.2 Å². The van der Waals surface area contributed by atoms with Gasteiger partial charge >= 0.3 is 0 Å². The normalized spacial score (nSPS) is 14.0. The number of benzene rings is 1. The zero-order valence-corrected chi connectivity index (χ0v) is 15.5. The van der Waals surface area contributed by atoms with Gasteiger partial charge in [-0.1, -0.05) is 12.1 Å². The molecule has 4 aromatic heterocycles. The molecule has 0 atom stereocenters. The number of para-hydroxylation sites is 1. The molecule has 0 saturated carbocycles. The summed E-state index contributed by atoms with van der Waals surface area (Å²) in [4.78, 5) is 7.79. The molecule has 6 heteroatoms. The van der Waals surface area contributed by atoms with Gasteiger partial charge in [-0.15, -0.1) is 0 Å². The molecule has 2 N–H and O–H groups in total. The van der Waals surface area contributed by atoms with Crippen molar-refractivity contribution in [2.24, 2.45) is 0 Å². The van der Waals surface area contributed by atoms with E-state index < -0.39 is 0 Å². The van der Waals surface area contributed by atoms with Gasteiger partial charge in [0.2, 0.25) is 0 Å². The number of fused-ring (bicyclic) bond motifs is 3. The van der Waals surface area contributed by atoms with E-state index in [1.54, 1.807) is 6.26 Å². The Balaban J connectivity index is 1.73. The van der Waals surface area contributed by atoms with E-state index in [1.807, 2.05) is 18.5 Å². The van der Waals surface area contributed by atoms with E-state index in [4.69, 9.17) is 9.52 Å². The number of hydrogen-bond acceptors (Lipinski definition) is 4. The molecule has 0 spiro atoms. The third-order valence-corrected chi connectivity index (χ3v) is 5.62. The quantitative estimate of drug-likeness (QED) is 0.488. The first-order valence-corrected chi connectivity index (χ1v) is 9.51. The fourth-order valence-electron chi connectivity index (χ4n) is 4.33. The van der Waals surface area contributed by atoms with Crippen LogP contribution in [0.25, 0.3) is 44.4 Å². The van der Waals surface area contributed by atoms with Crippen LogP contribution in [0.1, 0.15) is 11.3 Å². The fourth-order valence-corrected chi connectivity index (χ4v) is 4.33. The predicted molar refractivity (Wildman–Crippen MR) is 109 cm³/mol. The van der Waals surface area contributed by atoms with Gasteiger partial charge in [0.1, 0.15) is 16.9 Å². The molecule has 0 radical (unpaired) electrons. The second-order valence-corrected chi connectivity index (χ2v) is 7.27. The third-order valence-electron chi connectivity index (χ3n) is 5.62. The number of aromatic nitrogens is 4. The summed E-state index contributed by atoms with van der Waals surface area (Å²) >= 11 is 0. The van der Waals surface area contributed by atoms with Crippen molar-refractivity contribution in [3.63, 3.8) is 0 Å². The van der Waals surface area contributed by atoms with E-state index in [0.29, 0.717) is 0 Å². The average Bonchev–Trinajstić information content (AvgIpc) is 3.44. The Bertz CT molecular complexity index is 1340. The summed E-state index contributed by atoms with van der Waals surface area (Å²) in [5.74, 6) is 0. The van der Waals surface area contributed by atoms with Crippen LogP contribution in [0.5, 0.6) is 0 Å². The standard InChI is InChI=1S/C22H19N5O/c1-13-11-25-22-18(13)15(5-7-24-22)19-17-12-23-8-9-27(17)26-20(19)16-4-2-3-14-6-10-28-21(14)16/h2-7,10-11,23H,8-9,12H2,1H3,(H,24,25). The maximum absolute atomic E-state index is 5.84. The van der Waals surface area contributed by atoms with Crippen molar-refractivity contribution in [3.8, 4) is 22.4 Å². The van der Waals surface area contributed by atoms with Gasteiger partial charge < -0.3 is 14.7 Å². The van der Waals surface area contributed by atoms with Crippen LogP contribution >= 0.6 is 0 Å². The molecule has 1 aromatic carbocycles. The minimum Gasteiger partial charge on any atom is -0.464 e. The van der Waals surface area contributed by atoms with Gasteiger partial charge in [0.05, 0.1) is 18.5 Å². The Hall–Kier alpha value is -3.38. The number of aromatic amines is 1. The van der Waals surface area contributed by atoms with E-state index in [9.17, 15) is 0 Å². The minimum absolute atomic E-state index is 0.795. The maximum Gasteiger partial charge on any atom is 0.143 e. The van der Waals surface area contributed by atoms with E-state index >= 15 is 0 Å². The number of nitrogens with zero attached hydrogens (tertiary/aromatic N) is 3. The van der Waals surface area contributed by atoms with Gasteiger partial charge in [-0.25, -0.2) is 4.98 Å². The van der Waals surface area contributed by atoms with E-state index in [2.05, 4.69) is 51.2 Å². The molecule has 28 heavy (non-hydrogen) atoms. The molecule has 138 valence electrons. The van der Waals surface area contributed by atoms with Crippen molar-refractivity contribution in [1.82, 2.24) is 25.1 Å². The van der Waals surface area contributed by atoms with Crippen LogP contribution in [0, 0.1) is 6.92 Å². The second kappa shape index (κ2) is 5.81. The van der Waals surface area contributed by atoms with Crippen molar-refractivity contribution in [2.75, 3.05) is 6.54 Å². The SMILES string of the molecule is Cc1c[nH]c2nccc(-c3c(-c4cccc5ccoc45)nn4c3CNCC4)c12. The first-order chi connectivity index (χ1) is 13.8. The zero-order valence-electron chi connectivity index (χ0n) is 15.5. The van der Waals surface area contributed by atoms with E-state index in [-0.39, 0.29) is 0 Å². The Kier molecular flexibility index (Phi) is 3.25. The highest BCUT2D eigenvalue weighted by Gasteiger charge is 2.26. The number of rotatable bonds is 2. The lowest BCUT2D eigenvalue weighted by molar-refractivity contribution is 0.477. The molecular formula is C22H19N5O. The summed E-state index contributed by atoms with van der Waals surface area (Å²) in [6, 6.07) is 10.3. The molecule has 0 saturated heterocycles. The van der Waals surface area contributed by atoms with Gasteiger partial charge in [0.25, 0.3) is 0 Å². The predicted octanol–water partition coefficient (Wildman–Crippen LogP) is 4.25. The van der Waals surface area contributed by atoms with Gasteiger partial charge in [-0.05, 0) is 36.2 Å². The van der Waals surface area contributed by atoms with Crippen molar-refractivity contribution < 1.29 is 4.42 Å². The molecule has 5 aromatic rings. The second-order valence-electron chi connectivity index (χ2n) is 7.27. The number of H-pyrrole nitrogens is 1. The van der Waals surface area contributed by atoms with E-state index in [1.165, 1.54) is 11.3 Å². The highest BCUT2D eigenvalue weighted by molar-refractivity contribution is 6.03. The maximum atomic E-state index is 5.84. The molecular weight excluding hydrogens is 350 g/mol. The fraction of sp³-hybridized carbons (Fsp3) is 0.182. The lowest BCUT2D eigenvalue weighted by atomic mass is 9.95. The molecule has 6 nitrogen and oxygen atoms in total. The molecule has 0 amide bonds. The summed E-state index contributed by atoms with van der Waals surface area (Å²) in [6.07, 6.45) is 5.62. The van der Waals surface area contributed by atoms with Gasteiger partial charge in [-0.3, -0.25) is 4.68 Å². The van der Waals surface area contributed by atoms with Gasteiger partial charge in [0.15, 0.2) is 0 Å². The molecule has 1 aliphatic heterocycles. The lowest BCUT2D eigenvalue weighted by Gasteiger charge is -2.16. The average molecular weight is 369 g/mol. The highest BCUT2D eigenvalue weighted by Crippen LogP contribution is 2.41. The van der Waals surface area contributed by atoms with Crippen LogP contribution in [0.15, 0.2) is 53.4 Å². The molecule has 6 rings (SSSR count). The molecule has 0 fully saturated rings. The Morgan fingerprint density at radius 1 is 1.14 bits per heavy atom. The van der Waals surface area contributed by atoms with Crippen molar-refractivity contribution >= 4 is 22.0 Å². The Morgan fingerprint density at radius 3 is 3.07 bits per heavy atom. The molecule has 0 bridgehead atoms. The first-order valence-electron chi connectivity index (χ1n) is 9.51. The Morgan fingerprint density at radius 2 is 2.11 bits per heavy atom. The van der Waals surface area contributed by atoms with Crippen LogP contribution in [-0.4, -0.2) is 26.3 Å². The smallest absolute Gasteiger partial charge is 0.143 e. The number of furan rings is 1. The monoisotopic (exact) mass is 369 g/mol. The van der Waals surface area contributed by atoms with Gasteiger partial charge in [-0.2, -0.15) is 5.10 Å². The number of nitrogens with one attached hydrogen (secondary N) is 2. The minimum atomic E-state index is 0.795. The van der Waals surface area contributed by atoms with Crippen LogP contribution in [-0.2, 0) is 13.1 Å². The summed E-state index contributed by atoms with van der Waals surface area (Å²) in [7, 11) is 0. The number of hydrogen-bond donors (Lipinski definition) is 2. The molecule has 0 aliphatic carbocycles. The number of pyridine rings is 1. The molecule has 5 heterocycles.